The Hall–Kier alpha value is -0.240. The summed E-state index contributed by atoms with van der Waals surface area (Å²) in [5, 5.41) is 72.8. The number of aliphatic hydroxyl groups is 6. The fourth-order valence-electron chi connectivity index (χ4n) is 22.4. The van der Waals surface area contributed by atoms with E-state index in [9.17, 15) is 30.6 Å². The first-order valence-electron chi connectivity index (χ1n) is 33.4. The lowest BCUT2D eigenvalue weighted by Crippen LogP contribution is -2.51. The highest BCUT2D eigenvalue weighted by Gasteiger charge is 2.54. The van der Waals surface area contributed by atoms with Crippen molar-refractivity contribution in [2.45, 2.75) is 289 Å². The smallest absolute Gasteiger partial charge is 0.0573 e. The SMILES string of the molecule is CC1CC(O)C(C2CCCCC2)CC1C(C1CC(C2CCCCC2)C(O)CC1C)C1CCC(CC2CCC(C(C3CC(C4CCCCC4)C(O)CC3C)C3CC(C4CCCCC4)C(O)CC3C)C(O)C2)CC1O. The molecule has 73 heavy (non-hydrogen) atoms. The first kappa shape index (κ1) is 56.1. The second kappa shape index (κ2) is 25.5. The van der Waals surface area contributed by atoms with E-state index in [2.05, 4.69) is 27.7 Å². The van der Waals surface area contributed by atoms with Crippen LogP contribution in [0.15, 0.2) is 0 Å². The lowest BCUT2D eigenvalue weighted by molar-refractivity contribution is -0.113. The molecule has 0 spiro atoms. The Morgan fingerprint density at radius 2 is 0.507 bits per heavy atom. The van der Waals surface area contributed by atoms with Gasteiger partial charge in [0, 0.05) is 0 Å². The maximum atomic E-state index is 12.8. The maximum Gasteiger partial charge on any atom is 0.0573 e. The van der Waals surface area contributed by atoms with Gasteiger partial charge in [-0.15, -0.1) is 0 Å². The Balaban J connectivity index is 0.848. The molecule has 0 radical (unpaired) electrons. The molecule has 6 heteroatoms. The molecule has 6 nitrogen and oxygen atoms in total. The molecule has 0 bridgehead atoms. The van der Waals surface area contributed by atoms with Gasteiger partial charge in [-0.1, -0.05) is 156 Å². The van der Waals surface area contributed by atoms with Crippen LogP contribution < -0.4 is 0 Å². The van der Waals surface area contributed by atoms with E-state index in [1.165, 1.54) is 141 Å². The molecule has 0 saturated heterocycles. The Labute approximate surface area is 448 Å². The van der Waals surface area contributed by atoms with Gasteiger partial charge >= 0.3 is 0 Å². The van der Waals surface area contributed by atoms with Crippen molar-refractivity contribution in [2.75, 3.05) is 0 Å². The van der Waals surface area contributed by atoms with Crippen LogP contribution in [-0.2, 0) is 0 Å². The average molecular weight is 1020 g/mol. The third kappa shape index (κ3) is 12.7. The topological polar surface area (TPSA) is 121 Å². The van der Waals surface area contributed by atoms with Crippen LogP contribution >= 0.6 is 0 Å². The van der Waals surface area contributed by atoms with E-state index in [0.717, 1.165) is 83.5 Å². The highest BCUT2D eigenvalue weighted by molar-refractivity contribution is 5.04. The number of hydrogen-bond acceptors (Lipinski definition) is 6. The van der Waals surface area contributed by atoms with Gasteiger partial charge in [-0.2, -0.15) is 0 Å². The number of rotatable bonds is 12. The Kier molecular flexibility index (Phi) is 19.6. The number of hydrogen-bond donors (Lipinski definition) is 6. The molecule has 0 amide bonds. The minimum Gasteiger partial charge on any atom is -0.393 e. The summed E-state index contributed by atoms with van der Waals surface area (Å²) in [7, 11) is 0. The molecule has 0 heterocycles. The molecule has 0 aromatic rings. The van der Waals surface area contributed by atoms with Gasteiger partial charge in [0.25, 0.3) is 0 Å². The van der Waals surface area contributed by atoms with Crippen molar-refractivity contribution in [1.29, 1.82) is 0 Å². The lowest BCUT2D eigenvalue weighted by atomic mass is 9.51. The zero-order valence-electron chi connectivity index (χ0n) is 47.6. The summed E-state index contributed by atoms with van der Waals surface area (Å²) in [6, 6.07) is 0. The van der Waals surface area contributed by atoms with Gasteiger partial charge in [-0.3, -0.25) is 0 Å². The highest BCUT2D eigenvalue weighted by atomic mass is 16.3. The van der Waals surface area contributed by atoms with Crippen molar-refractivity contribution in [3.63, 3.8) is 0 Å². The van der Waals surface area contributed by atoms with E-state index in [4.69, 9.17) is 0 Å². The first-order valence-corrected chi connectivity index (χ1v) is 33.4. The molecule has 10 aliphatic carbocycles. The molecule has 22 atom stereocenters. The van der Waals surface area contributed by atoms with Crippen molar-refractivity contribution in [3.05, 3.63) is 0 Å². The Morgan fingerprint density at radius 3 is 0.740 bits per heavy atom. The molecule has 10 aliphatic rings. The second-order valence-electron chi connectivity index (χ2n) is 30.2. The van der Waals surface area contributed by atoms with E-state index >= 15 is 0 Å². The van der Waals surface area contributed by atoms with Crippen molar-refractivity contribution >= 4 is 0 Å². The molecule has 10 fully saturated rings. The summed E-state index contributed by atoms with van der Waals surface area (Å²) < 4.78 is 0. The molecule has 6 N–H and O–H groups in total. The largest absolute Gasteiger partial charge is 0.393 e. The summed E-state index contributed by atoms with van der Waals surface area (Å²) in [5.74, 6) is 10.6. The molecule has 10 saturated carbocycles. The fourth-order valence-corrected chi connectivity index (χ4v) is 22.4. The zero-order valence-corrected chi connectivity index (χ0v) is 47.6. The summed E-state index contributed by atoms with van der Waals surface area (Å²) in [5.41, 5.74) is 0. The van der Waals surface area contributed by atoms with Gasteiger partial charge in [0.2, 0.25) is 0 Å². The summed E-state index contributed by atoms with van der Waals surface area (Å²) in [4.78, 5) is 0. The minimum absolute atomic E-state index is 0.188. The molecule has 22 unspecified atom stereocenters. The summed E-state index contributed by atoms with van der Waals surface area (Å²) in [6.45, 7) is 9.85. The van der Waals surface area contributed by atoms with Gasteiger partial charge in [-0.25, -0.2) is 0 Å². The molecule has 0 aliphatic heterocycles. The van der Waals surface area contributed by atoms with E-state index < -0.39 is 0 Å². The van der Waals surface area contributed by atoms with Crippen molar-refractivity contribution in [1.82, 2.24) is 0 Å². The van der Waals surface area contributed by atoms with Crippen molar-refractivity contribution in [3.8, 4) is 0 Å². The number of aliphatic hydroxyl groups excluding tert-OH is 6. The second-order valence-corrected chi connectivity index (χ2v) is 30.2. The third-order valence-electron chi connectivity index (χ3n) is 26.1. The van der Waals surface area contributed by atoms with Crippen LogP contribution in [0.4, 0.5) is 0 Å². The Morgan fingerprint density at radius 1 is 0.260 bits per heavy atom. The molecule has 0 aromatic carbocycles. The van der Waals surface area contributed by atoms with Gasteiger partial charge in [0.05, 0.1) is 36.6 Å². The molecule has 10 rings (SSSR count). The molecule has 0 aromatic heterocycles. The summed E-state index contributed by atoms with van der Waals surface area (Å²) >= 11 is 0. The van der Waals surface area contributed by atoms with Crippen molar-refractivity contribution in [2.24, 2.45) is 130 Å². The standard InChI is InChI=1S/C67H116O6/c1-40-29-60(68)56(46-17-9-5-10-18-46)36-52(40)66(53-37-57(61(69)30-41(53)2)47-19-11-6-12-20-47)50-27-25-44(34-64(50)72)33-45-26-28-51(65(73)35-45)67(54-38-58(62(70)31-42(54)3)48-21-13-7-14-22-48)55-39-59(63(71)32-43(55)4)49-23-15-8-16-24-49/h40-73H,5-39H2,1-4H3. The summed E-state index contributed by atoms with van der Waals surface area (Å²) in [6.07, 6.45) is 40.6. The highest BCUT2D eigenvalue weighted by Crippen LogP contribution is 2.59. The molecular formula is C67H116O6. The van der Waals surface area contributed by atoms with Gasteiger partial charge in [-0.05, 0) is 227 Å². The Bertz CT molecular complexity index is 1440. The van der Waals surface area contributed by atoms with E-state index in [-0.39, 0.29) is 36.6 Å². The van der Waals surface area contributed by atoms with Gasteiger partial charge in [0.15, 0.2) is 0 Å². The molecular weight excluding hydrogens is 901 g/mol. The predicted octanol–water partition coefficient (Wildman–Crippen LogP) is 14.6. The van der Waals surface area contributed by atoms with E-state index in [0.29, 0.717) is 130 Å². The van der Waals surface area contributed by atoms with Gasteiger partial charge in [0.1, 0.15) is 0 Å². The average Bonchev–Trinajstić information content (AvgIpc) is 3.38. The predicted molar refractivity (Wildman–Crippen MR) is 297 cm³/mol. The van der Waals surface area contributed by atoms with Crippen LogP contribution in [0.3, 0.4) is 0 Å². The van der Waals surface area contributed by atoms with Crippen molar-refractivity contribution < 1.29 is 30.6 Å². The fraction of sp³-hybridized carbons (Fsp3) is 1.00. The van der Waals surface area contributed by atoms with E-state index in [1.807, 2.05) is 0 Å². The van der Waals surface area contributed by atoms with Gasteiger partial charge < -0.3 is 30.6 Å². The third-order valence-corrected chi connectivity index (χ3v) is 26.1. The van der Waals surface area contributed by atoms with Crippen LogP contribution in [0.25, 0.3) is 0 Å². The van der Waals surface area contributed by atoms with Crippen LogP contribution in [0.1, 0.15) is 252 Å². The van der Waals surface area contributed by atoms with Crippen LogP contribution in [-0.4, -0.2) is 67.3 Å². The lowest BCUT2D eigenvalue weighted by Gasteiger charge is -2.55. The zero-order chi connectivity index (χ0) is 50.9. The van der Waals surface area contributed by atoms with E-state index in [1.54, 1.807) is 0 Å². The maximum absolute atomic E-state index is 12.8. The van der Waals surface area contributed by atoms with Crippen LogP contribution in [0.2, 0.25) is 0 Å². The monoisotopic (exact) mass is 1020 g/mol. The molecule has 420 valence electrons. The van der Waals surface area contributed by atoms with Crippen LogP contribution in [0, 0.1) is 130 Å². The minimum atomic E-state index is -0.297. The van der Waals surface area contributed by atoms with Crippen LogP contribution in [0.5, 0.6) is 0 Å². The first-order chi connectivity index (χ1) is 35.3. The normalized spacial score (nSPS) is 48.7. The quantitative estimate of drug-likeness (QED) is 0.116.